The first kappa shape index (κ1) is 14.0. The molecule has 0 radical (unpaired) electrons. The third-order valence-electron chi connectivity index (χ3n) is 2.88. The summed E-state index contributed by atoms with van der Waals surface area (Å²) in [6.45, 7) is 10.8. The number of hydrogen-bond donors (Lipinski definition) is 1. The van der Waals surface area contributed by atoms with Crippen molar-refractivity contribution < 1.29 is 9.53 Å². The Morgan fingerprint density at radius 3 is 3.06 bits per heavy atom. The zero-order valence-corrected chi connectivity index (χ0v) is 10.9. The van der Waals surface area contributed by atoms with E-state index in [0.717, 1.165) is 32.5 Å². The lowest BCUT2D eigenvalue weighted by atomic mass is 10.0. The number of carbonyl (C=O) groups excluding carboxylic acids is 1. The second-order valence-electron chi connectivity index (χ2n) is 4.90. The monoisotopic (exact) mass is 240 g/mol. The number of amides is 1. The van der Waals surface area contributed by atoms with Gasteiger partial charge in [0.25, 0.3) is 0 Å². The normalized spacial score (nSPS) is 21.1. The Hall–Kier alpha value is -1.03. The third kappa shape index (κ3) is 4.77. The van der Waals surface area contributed by atoms with Gasteiger partial charge in [-0.15, -0.1) is 0 Å². The zero-order valence-electron chi connectivity index (χ0n) is 10.9. The van der Waals surface area contributed by atoms with E-state index in [9.17, 15) is 4.79 Å². The Morgan fingerprint density at radius 1 is 1.65 bits per heavy atom. The molecule has 1 heterocycles. The highest BCUT2D eigenvalue weighted by atomic mass is 16.6. The van der Waals surface area contributed by atoms with Gasteiger partial charge in [-0.1, -0.05) is 26.5 Å². The molecule has 1 aliphatic heterocycles. The van der Waals surface area contributed by atoms with E-state index in [-0.39, 0.29) is 18.7 Å². The summed E-state index contributed by atoms with van der Waals surface area (Å²) in [6.07, 6.45) is 3.39. The van der Waals surface area contributed by atoms with Crippen LogP contribution in [0.2, 0.25) is 0 Å². The molecule has 1 atom stereocenters. The van der Waals surface area contributed by atoms with Crippen LogP contribution in [0.4, 0.5) is 4.79 Å². The Labute approximate surface area is 104 Å². The fourth-order valence-corrected chi connectivity index (χ4v) is 2.14. The third-order valence-corrected chi connectivity index (χ3v) is 2.88. The molecule has 1 saturated heterocycles. The van der Waals surface area contributed by atoms with Gasteiger partial charge in [0.05, 0.1) is 0 Å². The Morgan fingerprint density at radius 2 is 2.41 bits per heavy atom. The predicted molar refractivity (Wildman–Crippen MR) is 69.0 cm³/mol. The van der Waals surface area contributed by atoms with Crippen molar-refractivity contribution in [2.75, 3.05) is 26.2 Å². The van der Waals surface area contributed by atoms with E-state index in [1.807, 2.05) is 4.90 Å². The largest absolute Gasteiger partial charge is 0.445 e. The van der Waals surface area contributed by atoms with E-state index in [4.69, 9.17) is 4.74 Å². The number of ether oxygens (including phenoxy) is 1. The lowest BCUT2D eigenvalue weighted by molar-refractivity contribution is 0.0932. The summed E-state index contributed by atoms with van der Waals surface area (Å²) >= 11 is 0. The topological polar surface area (TPSA) is 41.6 Å². The van der Waals surface area contributed by atoms with Gasteiger partial charge >= 0.3 is 6.09 Å². The molecule has 0 spiro atoms. The number of carbonyl (C=O) groups is 1. The number of hydrogen-bond acceptors (Lipinski definition) is 3. The molecule has 98 valence electrons. The molecule has 1 N–H and O–H groups in total. The van der Waals surface area contributed by atoms with Crippen LogP contribution < -0.4 is 5.32 Å². The van der Waals surface area contributed by atoms with Gasteiger partial charge in [0.2, 0.25) is 0 Å². The van der Waals surface area contributed by atoms with E-state index in [0.29, 0.717) is 5.92 Å². The first-order valence-electron chi connectivity index (χ1n) is 6.40. The summed E-state index contributed by atoms with van der Waals surface area (Å²) in [5.74, 6) is 0.578. The molecule has 0 saturated carbocycles. The van der Waals surface area contributed by atoms with E-state index >= 15 is 0 Å². The molecule has 17 heavy (non-hydrogen) atoms. The van der Waals surface area contributed by atoms with Crippen molar-refractivity contribution in [2.24, 2.45) is 5.92 Å². The molecule has 0 bridgehead atoms. The average molecular weight is 240 g/mol. The molecule has 0 aromatic rings. The van der Waals surface area contributed by atoms with Crippen molar-refractivity contribution in [3.63, 3.8) is 0 Å². The minimum atomic E-state index is -0.209. The quantitative estimate of drug-likeness (QED) is 0.764. The maximum absolute atomic E-state index is 11.9. The molecule has 1 rings (SSSR count). The van der Waals surface area contributed by atoms with Crippen LogP contribution in [0.25, 0.3) is 0 Å². The second kappa shape index (κ2) is 7.33. The number of rotatable bonds is 4. The number of nitrogens with zero attached hydrogens (tertiary/aromatic N) is 1. The number of nitrogens with one attached hydrogen (secondary N) is 1. The van der Waals surface area contributed by atoms with Gasteiger partial charge in [-0.3, -0.25) is 0 Å². The Balaban J connectivity index is 2.60. The van der Waals surface area contributed by atoms with Crippen molar-refractivity contribution in [2.45, 2.75) is 32.7 Å². The first-order valence-corrected chi connectivity index (χ1v) is 6.40. The van der Waals surface area contributed by atoms with E-state index < -0.39 is 0 Å². The van der Waals surface area contributed by atoms with Gasteiger partial charge in [-0.2, -0.15) is 0 Å². The van der Waals surface area contributed by atoms with Crippen molar-refractivity contribution in [3.8, 4) is 0 Å². The Bertz CT molecular complexity index is 254. The maximum atomic E-state index is 11.9. The minimum Gasteiger partial charge on any atom is -0.445 e. The lowest BCUT2D eigenvalue weighted by Gasteiger charge is -2.30. The maximum Gasteiger partial charge on any atom is 0.410 e. The summed E-state index contributed by atoms with van der Waals surface area (Å²) < 4.78 is 5.14. The molecule has 1 amide bonds. The lowest BCUT2D eigenvalue weighted by Crippen LogP contribution is -2.44. The van der Waals surface area contributed by atoms with Crippen LogP contribution in [0.5, 0.6) is 0 Å². The van der Waals surface area contributed by atoms with Crippen LogP contribution in [-0.4, -0.2) is 43.3 Å². The van der Waals surface area contributed by atoms with Crippen LogP contribution >= 0.6 is 0 Å². The van der Waals surface area contributed by atoms with Crippen LogP contribution in [0.3, 0.4) is 0 Å². The molecule has 1 aliphatic rings. The molecule has 1 fully saturated rings. The second-order valence-corrected chi connectivity index (χ2v) is 4.90. The van der Waals surface area contributed by atoms with Gasteiger partial charge in [-0.25, -0.2) is 4.79 Å². The van der Waals surface area contributed by atoms with Gasteiger partial charge in [0, 0.05) is 19.1 Å². The SMILES string of the molecule is C=CCOC(=O)N1CCCNCC1CC(C)C. The van der Waals surface area contributed by atoms with Crippen LogP contribution in [-0.2, 0) is 4.74 Å². The Kier molecular flexibility index (Phi) is 6.05. The fraction of sp³-hybridized carbons (Fsp3) is 0.769. The van der Waals surface area contributed by atoms with Gasteiger partial charge < -0.3 is 15.0 Å². The molecule has 0 aromatic heterocycles. The fourth-order valence-electron chi connectivity index (χ4n) is 2.14. The highest BCUT2D eigenvalue weighted by Gasteiger charge is 2.26. The van der Waals surface area contributed by atoms with Crippen molar-refractivity contribution in [3.05, 3.63) is 12.7 Å². The van der Waals surface area contributed by atoms with Crippen LogP contribution in [0.15, 0.2) is 12.7 Å². The van der Waals surface area contributed by atoms with Gasteiger partial charge in [0.1, 0.15) is 6.61 Å². The molecular formula is C13H24N2O2. The van der Waals surface area contributed by atoms with Crippen LogP contribution in [0.1, 0.15) is 26.7 Å². The summed E-state index contributed by atoms with van der Waals surface area (Å²) in [5.41, 5.74) is 0. The molecule has 4 heteroatoms. The van der Waals surface area contributed by atoms with Crippen molar-refractivity contribution in [1.29, 1.82) is 0 Å². The standard InChI is InChI=1S/C13H24N2O2/c1-4-8-17-13(16)15-7-5-6-14-10-12(15)9-11(2)3/h4,11-12,14H,1,5-10H2,2-3H3. The molecular weight excluding hydrogens is 216 g/mol. The van der Waals surface area contributed by atoms with E-state index in [1.54, 1.807) is 6.08 Å². The van der Waals surface area contributed by atoms with Crippen molar-refractivity contribution in [1.82, 2.24) is 10.2 Å². The highest BCUT2D eigenvalue weighted by Crippen LogP contribution is 2.14. The zero-order chi connectivity index (χ0) is 12.7. The summed E-state index contributed by atoms with van der Waals surface area (Å²) in [6, 6.07) is 0.245. The van der Waals surface area contributed by atoms with Crippen LogP contribution in [0, 0.1) is 5.92 Å². The first-order chi connectivity index (χ1) is 8.15. The molecule has 4 nitrogen and oxygen atoms in total. The van der Waals surface area contributed by atoms with Gasteiger partial charge in [0.15, 0.2) is 0 Å². The molecule has 0 aliphatic carbocycles. The summed E-state index contributed by atoms with van der Waals surface area (Å²) in [7, 11) is 0. The summed E-state index contributed by atoms with van der Waals surface area (Å²) in [4.78, 5) is 13.8. The van der Waals surface area contributed by atoms with E-state index in [2.05, 4.69) is 25.7 Å². The molecule has 1 unspecified atom stereocenters. The predicted octanol–water partition coefficient (Wildman–Crippen LogP) is 2.02. The highest BCUT2D eigenvalue weighted by molar-refractivity contribution is 5.68. The average Bonchev–Trinajstić information content (AvgIpc) is 2.50. The van der Waals surface area contributed by atoms with Gasteiger partial charge in [-0.05, 0) is 25.3 Å². The van der Waals surface area contributed by atoms with Crippen molar-refractivity contribution >= 4 is 6.09 Å². The minimum absolute atomic E-state index is 0.209. The molecule has 0 aromatic carbocycles. The van der Waals surface area contributed by atoms with E-state index in [1.165, 1.54) is 0 Å². The smallest absolute Gasteiger partial charge is 0.410 e. The summed E-state index contributed by atoms with van der Waals surface area (Å²) in [5, 5.41) is 3.37.